The number of nitrogens with zero attached hydrogens (tertiary/aromatic N) is 3. The molecule has 0 spiro atoms. The topological polar surface area (TPSA) is 130 Å². The minimum atomic E-state index is -2.92. The third-order valence-electron chi connectivity index (χ3n) is 5.69. The number of carbonyl (C=O) groups is 1. The summed E-state index contributed by atoms with van der Waals surface area (Å²) in [6.07, 6.45) is 5.18. The maximum Gasteiger partial charge on any atom is 0.387 e. The zero-order valence-electron chi connectivity index (χ0n) is 17.0. The number of halogens is 2. The number of likely N-dealkylation sites (tertiary alicyclic amines) is 1. The zero-order valence-corrected chi connectivity index (χ0v) is 17.0. The smallest absolute Gasteiger partial charge is 0.387 e. The molecule has 1 aliphatic heterocycles. The highest BCUT2D eigenvalue weighted by Gasteiger charge is 2.34. The van der Waals surface area contributed by atoms with Crippen molar-refractivity contribution < 1.29 is 18.3 Å². The van der Waals surface area contributed by atoms with Gasteiger partial charge in [-0.05, 0) is 63.0 Å². The Hall–Kier alpha value is -3.19. The fraction of sp³-hybridized carbons (Fsp3) is 0.476. The molecule has 3 atom stereocenters. The Bertz CT molecular complexity index is 877. The molecule has 1 amide bonds. The van der Waals surface area contributed by atoms with Gasteiger partial charge in [0.15, 0.2) is 0 Å². The quantitative estimate of drug-likeness (QED) is 0.327. The van der Waals surface area contributed by atoms with E-state index in [2.05, 4.69) is 26.0 Å². The molecule has 1 saturated heterocycles. The third-order valence-corrected chi connectivity index (χ3v) is 5.69. The predicted molar refractivity (Wildman–Crippen MR) is 111 cm³/mol. The molecule has 2 fully saturated rings. The van der Waals surface area contributed by atoms with Crippen molar-refractivity contribution in [3.63, 3.8) is 0 Å². The SMILES string of the molecule is N#C[C@H]1C[C@@H](N2CCC2)CC[C@@H]1N/C=C(/C(N)=O)C(N)=Nc1ccc(OC(F)F)cc1. The number of alkyl halides is 2. The molecule has 0 bridgehead atoms. The number of nitrogens with one attached hydrogen (secondary N) is 1. The van der Waals surface area contributed by atoms with Crippen molar-refractivity contribution in [2.24, 2.45) is 22.4 Å². The Morgan fingerprint density at radius 3 is 2.55 bits per heavy atom. The van der Waals surface area contributed by atoms with Crippen LogP contribution in [0.3, 0.4) is 0 Å². The minimum Gasteiger partial charge on any atom is -0.435 e. The summed E-state index contributed by atoms with van der Waals surface area (Å²) in [7, 11) is 0. The summed E-state index contributed by atoms with van der Waals surface area (Å²) < 4.78 is 28.8. The predicted octanol–water partition coefficient (Wildman–Crippen LogP) is 2.00. The summed E-state index contributed by atoms with van der Waals surface area (Å²) in [4.78, 5) is 18.4. The van der Waals surface area contributed by atoms with E-state index in [1.165, 1.54) is 36.9 Å². The van der Waals surface area contributed by atoms with Crippen LogP contribution >= 0.6 is 0 Å². The number of rotatable bonds is 8. The molecule has 1 aromatic carbocycles. The van der Waals surface area contributed by atoms with Gasteiger partial charge in [0.25, 0.3) is 5.91 Å². The Labute approximate surface area is 179 Å². The summed E-state index contributed by atoms with van der Waals surface area (Å²) in [5.74, 6) is -1.10. The molecule has 0 aromatic heterocycles. The standard InChI is InChI=1S/C21H26F2N6O2/c22-21(23)31-16-5-2-14(3-6-16)28-19(25)17(20(26)30)12-27-18-7-4-15(10-13(18)11-24)29-8-1-9-29/h2-3,5-6,12-13,15,18,21,27H,1,4,7-10H2,(H2,25,28)(H2,26,30)/b17-12+/t13-,15+,18+/m1/s1. The van der Waals surface area contributed by atoms with Gasteiger partial charge >= 0.3 is 6.61 Å². The van der Waals surface area contributed by atoms with Crippen LogP contribution in [-0.4, -0.2) is 48.4 Å². The third kappa shape index (κ3) is 5.92. The number of hydrogen-bond donors (Lipinski definition) is 3. The van der Waals surface area contributed by atoms with Gasteiger partial charge in [-0.25, -0.2) is 4.99 Å². The van der Waals surface area contributed by atoms with Gasteiger partial charge in [0.2, 0.25) is 0 Å². The molecule has 1 saturated carbocycles. The highest BCUT2D eigenvalue weighted by Crippen LogP contribution is 2.30. The van der Waals surface area contributed by atoms with Gasteiger partial charge in [-0.1, -0.05) is 0 Å². The normalized spacial score (nSPS) is 24.9. The first-order valence-corrected chi connectivity index (χ1v) is 10.2. The fourth-order valence-corrected chi connectivity index (χ4v) is 3.89. The molecular weight excluding hydrogens is 406 g/mol. The van der Waals surface area contributed by atoms with Crippen molar-refractivity contribution in [2.75, 3.05) is 13.1 Å². The molecular formula is C21H26F2N6O2. The molecule has 3 rings (SSSR count). The van der Waals surface area contributed by atoms with Crippen LogP contribution in [0.4, 0.5) is 14.5 Å². The molecule has 166 valence electrons. The lowest BCUT2D eigenvalue weighted by atomic mass is 9.81. The molecule has 1 heterocycles. The van der Waals surface area contributed by atoms with Crippen molar-refractivity contribution in [1.29, 1.82) is 5.26 Å². The van der Waals surface area contributed by atoms with Crippen LogP contribution in [-0.2, 0) is 4.79 Å². The summed E-state index contributed by atoms with van der Waals surface area (Å²) >= 11 is 0. The lowest BCUT2D eigenvalue weighted by molar-refractivity contribution is -0.114. The van der Waals surface area contributed by atoms with Crippen molar-refractivity contribution in [1.82, 2.24) is 10.2 Å². The van der Waals surface area contributed by atoms with Gasteiger partial charge in [-0.15, -0.1) is 0 Å². The lowest BCUT2D eigenvalue weighted by Crippen LogP contribution is -2.50. The summed E-state index contributed by atoms with van der Waals surface area (Å²) in [6, 6.07) is 8.18. The Balaban J connectivity index is 1.67. The van der Waals surface area contributed by atoms with E-state index in [0.717, 1.165) is 32.4 Å². The highest BCUT2D eigenvalue weighted by atomic mass is 19.3. The number of hydrogen-bond acceptors (Lipinski definition) is 6. The van der Waals surface area contributed by atoms with Crippen LogP contribution in [0.15, 0.2) is 41.0 Å². The van der Waals surface area contributed by atoms with Crippen molar-refractivity contribution >= 4 is 17.4 Å². The summed E-state index contributed by atoms with van der Waals surface area (Å²) in [5, 5.41) is 12.7. The van der Waals surface area contributed by atoms with Crippen LogP contribution in [0.5, 0.6) is 5.75 Å². The van der Waals surface area contributed by atoms with E-state index < -0.39 is 12.5 Å². The molecule has 5 N–H and O–H groups in total. The number of benzene rings is 1. The molecule has 0 radical (unpaired) electrons. The molecule has 1 aliphatic carbocycles. The number of ether oxygens (including phenoxy) is 1. The largest absolute Gasteiger partial charge is 0.435 e. The fourth-order valence-electron chi connectivity index (χ4n) is 3.89. The van der Waals surface area contributed by atoms with Gasteiger partial charge in [-0.2, -0.15) is 14.0 Å². The average Bonchev–Trinajstić information content (AvgIpc) is 2.68. The maximum absolute atomic E-state index is 12.2. The van der Waals surface area contributed by atoms with E-state index >= 15 is 0 Å². The first kappa shape index (κ1) is 22.5. The van der Waals surface area contributed by atoms with Crippen molar-refractivity contribution in [3.05, 3.63) is 36.0 Å². The molecule has 0 unspecified atom stereocenters. The minimum absolute atomic E-state index is 0.0174. The average molecular weight is 432 g/mol. The summed E-state index contributed by atoms with van der Waals surface area (Å²) in [5.41, 5.74) is 11.7. The van der Waals surface area contributed by atoms with E-state index in [-0.39, 0.29) is 29.1 Å². The first-order valence-electron chi connectivity index (χ1n) is 10.2. The Kier molecular flexibility index (Phi) is 7.41. The second-order valence-corrected chi connectivity index (χ2v) is 7.66. The number of primary amides is 1. The molecule has 1 aromatic rings. The van der Waals surface area contributed by atoms with Gasteiger partial charge in [0.05, 0.1) is 23.2 Å². The van der Waals surface area contributed by atoms with E-state index in [0.29, 0.717) is 11.7 Å². The summed E-state index contributed by atoms with van der Waals surface area (Å²) in [6.45, 7) is -0.739. The number of nitriles is 1. The van der Waals surface area contributed by atoms with Gasteiger partial charge in [-0.3, -0.25) is 4.79 Å². The van der Waals surface area contributed by atoms with Gasteiger partial charge < -0.3 is 26.4 Å². The number of nitrogens with two attached hydrogens (primary N) is 2. The van der Waals surface area contributed by atoms with E-state index in [9.17, 15) is 18.8 Å². The van der Waals surface area contributed by atoms with Crippen LogP contribution in [0, 0.1) is 17.2 Å². The molecule has 8 nitrogen and oxygen atoms in total. The van der Waals surface area contributed by atoms with Crippen molar-refractivity contribution in [3.8, 4) is 11.8 Å². The second-order valence-electron chi connectivity index (χ2n) is 7.66. The number of amides is 1. The van der Waals surface area contributed by atoms with E-state index in [4.69, 9.17) is 11.5 Å². The maximum atomic E-state index is 12.2. The van der Waals surface area contributed by atoms with E-state index in [1.807, 2.05) is 0 Å². The number of carbonyl (C=O) groups excluding carboxylic acids is 1. The number of amidine groups is 1. The van der Waals surface area contributed by atoms with Crippen molar-refractivity contribution in [2.45, 2.75) is 44.4 Å². The second kappa shape index (κ2) is 10.2. The molecule has 31 heavy (non-hydrogen) atoms. The lowest BCUT2D eigenvalue weighted by Gasteiger charge is -2.43. The van der Waals surface area contributed by atoms with Crippen LogP contribution in [0.25, 0.3) is 0 Å². The van der Waals surface area contributed by atoms with Crippen LogP contribution < -0.4 is 21.5 Å². The molecule has 10 heteroatoms. The monoisotopic (exact) mass is 432 g/mol. The van der Waals surface area contributed by atoms with Gasteiger partial charge in [0.1, 0.15) is 11.6 Å². The molecule has 2 aliphatic rings. The number of aliphatic imine (C=N–C) groups is 1. The van der Waals surface area contributed by atoms with Gasteiger partial charge in [0, 0.05) is 18.3 Å². The zero-order chi connectivity index (χ0) is 22.4. The highest BCUT2D eigenvalue weighted by molar-refractivity contribution is 6.20. The Morgan fingerprint density at radius 2 is 2.00 bits per heavy atom. The van der Waals surface area contributed by atoms with Crippen LogP contribution in [0.2, 0.25) is 0 Å². The van der Waals surface area contributed by atoms with E-state index in [1.54, 1.807) is 0 Å². The first-order chi connectivity index (χ1) is 14.9. The Morgan fingerprint density at radius 1 is 1.29 bits per heavy atom. The van der Waals surface area contributed by atoms with Crippen LogP contribution in [0.1, 0.15) is 25.7 Å².